The minimum atomic E-state index is -0.797. The Morgan fingerprint density at radius 2 is 1.96 bits per heavy atom. The highest BCUT2D eigenvalue weighted by molar-refractivity contribution is 5.94. The maximum Gasteiger partial charge on any atom is 0.251 e. The van der Waals surface area contributed by atoms with Gasteiger partial charge in [0.05, 0.1) is 13.2 Å². The van der Waals surface area contributed by atoms with Crippen molar-refractivity contribution in [1.82, 2.24) is 5.32 Å². The van der Waals surface area contributed by atoms with E-state index < -0.39 is 17.5 Å². The predicted octanol–water partition coefficient (Wildman–Crippen LogP) is 3.46. The Morgan fingerprint density at radius 3 is 2.63 bits per heavy atom. The molecule has 1 amide bonds. The molecule has 3 rings (SSSR count). The van der Waals surface area contributed by atoms with Crippen molar-refractivity contribution in [1.29, 1.82) is 0 Å². The lowest BCUT2D eigenvalue weighted by molar-refractivity contribution is 0.0669. The van der Waals surface area contributed by atoms with E-state index in [1.165, 1.54) is 7.11 Å². The van der Waals surface area contributed by atoms with E-state index in [0.717, 1.165) is 43.2 Å². The molecule has 1 fully saturated rings. The molecule has 1 N–H and O–H groups in total. The molecule has 144 valence electrons. The maximum absolute atomic E-state index is 13.2. The van der Waals surface area contributed by atoms with E-state index >= 15 is 0 Å². The molecule has 0 bridgehead atoms. The highest BCUT2D eigenvalue weighted by atomic mass is 19.1. The number of carbonyl (C=O) groups is 1. The largest absolute Gasteiger partial charge is 0.493 e. The summed E-state index contributed by atoms with van der Waals surface area (Å²) < 4.78 is 43.1. The number of nitrogens with one attached hydrogen (secondary N) is 1. The molecule has 0 aliphatic carbocycles. The summed E-state index contributed by atoms with van der Waals surface area (Å²) in [5.41, 5.74) is 0.692. The Hall–Kier alpha value is -2.67. The number of hydrogen-bond donors (Lipinski definition) is 1. The van der Waals surface area contributed by atoms with E-state index in [9.17, 15) is 13.6 Å². The van der Waals surface area contributed by atoms with Crippen molar-refractivity contribution in [2.45, 2.75) is 25.5 Å². The van der Waals surface area contributed by atoms with Crippen LogP contribution in [0.5, 0.6) is 11.5 Å². The first kappa shape index (κ1) is 19.1. The fourth-order valence-corrected chi connectivity index (χ4v) is 2.87. The number of ether oxygens (including phenoxy) is 3. The van der Waals surface area contributed by atoms with Gasteiger partial charge in [-0.2, -0.15) is 0 Å². The highest BCUT2D eigenvalue weighted by Crippen LogP contribution is 2.29. The standard InChI is InChI=1S/C20H21F2NO4/c1-25-19-7-13(4-5-18(19)27-12-17-3-2-6-26-17)11-23-20(24)14-8-15(21)10-16(22)9-14/h4-5,7-10,17H,2-3,6,11-12H2,1H3,(H,23,24)/t17-/m0/s1. The van der Waals surface area contributed by atoms with E-state index in [-0.39, 0.29) is 18.2 Å². The van der Waals surface area contributed by atoms with Gasteiger partial charge >= 0.3 is 0 Å². The third kappa shape index (κ3) is 5.17. The number of halogens is 2. The molecule has 0 radical (unpaired) electrons. The minimum absolute atomic E-state index is 0.0732. The van der Waals surface area contributed by atoms with Crippen molar-refractivity contribution in [3.8, 4) is 11.5 Å². The smallest absolute Gasteiger partial charge is 0.251 e. The lowest BCUT2D eigenvalue weighted by Gasteiger charge is -2.15. The fourth-order valence-electron chi connectivity index (χ4n) is 2.87. The Balaban J connectivity index is 1.60. The number of benzene rings is 2. The monoisotopic (exact) mass is 377 g/mol. The van der Waals surface area contributed by atoms with Crippen molar-refractivity contribution < 1.29 is 27.8 Å². The second-order valence-electron chi connectivity index (χ2n) is 6.27. The van der Waals surface area contributed by atoms with Gasteiger partial charge in [0.1, 0.15) is 18.2 Å². The number of amides is 1. The molecule has 1 atom stereocenters. The van der Waals surface area contributed by atoms with Gasteiger partial charge in [0.2, 0.25) is 0 Å². The number of carbonyl (C=O) groups excluding carboxylic acids is 1. The molecule has 1 aliphatic heterocycles. The second-order valence-corrected chi connectivity index (χ2v) is 6.27. The zero-order valence-corrected chi connectivity index (χ0v) is 15.0. The van der Waals surface area contributed by atoms with Crippen LogP contribution in [0.15, 0.2) is 36.4 Å². The topological polar surface area (TPSA) is 56.8 Å². The molecule has 1 heterocycles. The molecule has 1 saturated heterocycles. The van der Waals surface area contributed by atoms with Crippen LogP contribution in [-0.2, 0) is 11.3 Å². The van der Waals surface area contributed by atoms with Gasteiger partial charge in [-0.1, -0.05) is 6.07 Å². The van der Waals surface area contributed by atoms with E-state index in [2.05, 4.69) is 5.32 Å². The summed E-state index contributed by atoms with van der Waals surface area (Å²) in [4.78, 5) is 12.1. The summed E-state index contributed by atoms with van der Waals surface area (Å²) in [6, 6.07) is 7.99. The lowest BCUT2D eigenvalue weighted by Crippen LogP contribution is -2.23. The summed E-state index contributed by atoms with van der Waals surface area (Å²) >= 11 is 0. The Bertz CT molecular complexity index is 786. The third-order valence-corrected chi connectivity index (χ3v) is 4.25. The number of rotatable bonds is 7. The molecular formula is C20H21F2NO4. The van der Waals surface area contributed by atoms with Crippen molar-refractivity contribution in [2.24, 2.45) is 0 Å². The molecule has 7 heteroatoms. The van der Waals surface area contributed by atoms with E-state index in [4.69, 9.17) is 14.2 Å². The van der Waals surface area contributed by atoms with E-state index in [0.29, 0.717) is 18.1 Å². The van der Waals surface area contributed by atoms with Gasteiger partial charge in [0, 0.05) is 24.8 Å². The Kier molecular flexibility index (Phi) is 6.24. The molecule has 0 aromatic heterocycles. The van der Waals surface area contributed by atoms with Crippen LogP contribution in [0, 0.1) is 11.6 Å². The van der Waals surface area contributed by atoms with Crippen LogP contribution in [0.3, 0.4) is 0 Å². The SMILES string of the molecule is COc1cc(CNC(=O)c2cc(F)cc(F)c2)ccc1OC[C@@H]1CCCO1. The average Bonchev–Trinajstić information content (AvgIpc) is 3.17. The summed E-state index contributed by atoms with van der Waals surface area (Å²) in [6.45, 7) is 1.40. The zero-order valence-electron chi connectivity index (χ0n) is 15.0. The summed E-state index contributed by atoms with van der Waals surface area (Å²) in [7, 11) is 1.53. The van der Waals surface area contributed by atoms with Gasteiger partial charge in [-0.3, -0.25) is 4.79 Å². The molecule has 1 aliphatic rings. The van der Waals surface area contributed by atoms with Crippen LogP contribution >= 0.6 is 0 Å². The Labute approximate surface area is 156 Å². The van der Waals surface area contributed by atoms with Crippen LogP contribution in [-0.4, -0.2) is 32.3 Å². The molecule has 2 aromatic carbocycles. The van der Waals surface area contributed by atoms with E-state index in [1.807, 2.05) is 0 Å². The van der Waals surface area contributed by atoms with Crippen molar-refractivity contribution in [2.75, 3.05) is 20.3 Å². The number of hydrogen-bond acceptors (Lipinski definition) is 4. The van der Waals surface area contributed by atoms with Crippen LogP contribution in [0.25, 0.3) is 0 Å². The van der Waals surface area contributed by atoms with Gasteiger partial charge in [0.25, 0.3) is 5.91 Å². The van der Waals surface area contributed by atoms with Crippen LogP contribution in [0.4, 0.5) is 8.78 Å². The first-order valence-corrected chi connectivity index (χ1v) is 8.71. The van der Waals surface area contributed by atoms with Crippen molar-refractivity contribution in [3.05, 3.63) is 59.2 Å². The van der Waals surface area contributed by atoms with Crippen LogP contribution in [0.2, 0.25) is 0 Å². The Morgan fingerprint density at radius 1 is 1.19 bits per heavy atom. The second kappa shape index (κ2) is 8.81. The quantitative estimate of drug-likeness (QED) is 0.803. The lowest BCUT2D eigenvalue weighted by atomic mass is 10.1. The van der Waals surface area contributed by atoms with Crippen molar-refractivity contribution >= 4 is 5.91 Å². The van der Waals surface area contributed by atoms with Gasteiger partial charge in [-0.25, -0.2) is 8.78 Å². The average molecular weight is 377 g/mol. The first-order chi connectivity index (χ1) is 13.0. The van der Waals surface area contributed by atoms with E-state index in [1.54, 1.807) is 18.2 Å². The van der Waals surface area contributed by atoms with Crippen LogP contribution in [0.1, 0.15) is 28.8 Å². The molecule has 0 unspecified atom stereocenters. The molecule has 2 aromatic rings. The summed E-state index contributed by atoms with van der Waals surface area (Å²) in [6.07, 6.45) is 2.12. The van der Waals surface area contributed by atoms with Crippen LogP contribution < -0.4 is 14.8 Å². The maximum atomic E-state index is 13.2. The minimum Gasteiger partial charge on any atom is -0.493 e. The normalized spacial score (nSPS) is 16.2. The molecule has 5 nitrogen and oxygen atoms in total. The van der Waals surface area contributed by atoms with Gasteiger partial charge in [-0.05, 0) is 42.7 Å². The molecular weight excluding hydrogens is 356 g/mol. The molecule has 0 spiro atoms. The molecule has 0 saturated carbocycles. The fraction of sp³-hybridized carbons (Fsp3) is 0.350. The predicted molar refractivity (Wildman–Crippen MR) is 95.0 cm³/mol. The third-order valence-electron chi connectivity index (χ3n) is 4.25. The number of methoxy groups -OCH3 is 1. The summed E-state index contributed by atoms with van der Waals surface area (Å²) in [5, 5.41) is 2.63. The summed E-state index contributed by atoms with van der Waals surface area (Å²) in [5.74, 6) is -1.03. The zero-order chi connectivity index (χ0) is 19.2. The van der Waals surface area contributed by atoms with Crippen molar-refractivity contribution in [3.63, 3.8) is 0 Å². The van der Waals surface area contributed by atoms with Gasteiger partial charge in [0.15, 0.2) is 11.5 Å². The highest BCUT2D eigenvalue weighted by Gasteiger charge is 2.17. The van der Waals surface area contributed by atoms with Gasteiger partial charge in [-0.15, -0.1) is 0 Å². The molecule has 27 heavy (non-hydrogen) atoms. The van der Waals surface area contributed by atoms with Gasteiger partial charge < -0.3 is 19.5 Å². The first-order valence-electron chi connectivity index (χ1n) is 8.71.